The fraction of sp³-hybridized carbons (Fsp3) is 0.500. The van der Waals surface area contributed by atoms with Gasteiger partial charge >= 0.3 is 0 Å². The fourth-order valence-corrected chi connectivity index (χ4v) is 2.08. The molecule has 0 radical (unpaired) electrons. The molecule has 0 spiro atoms. The zero-order valence-corrected chi connectivity index (χ0v) is 10.3. The molecule has 1 aromatic rings. The topological polar surface area (TPSA) is 53.0 Å². The van der Waals surface area contributed by atoms with Crippen molar-refractivity contribution in [1.29, 1.82) is 5.26 Å². The summed E-state index contributed by atoms with van der Waals surface area (Å²) in [6.45, 7) is 4.26. The first-order chi connectivity index (χ1) is 8.24. The molecule has 2 N–H and O–H groups in total. The predicted molar refractivity (Wildman–Crippen MR) is 70.8 cm³/mol. The maximum atomic E-state index is 8.95. The van der Waals surface area contributed by atoms with E-state index in [0.717, 1.165) is 36.8 Å². The molecular formula is C14H19N3. The maximum absolute atomic E-state index is 8.95. The van der Waals surface area contributed by atoms with E-state index in [2.05, 4.69) is 17.9 Å². The van der Waals surface area contributed by atoms with Crippen LogP contribution in [0.4, 0.5) is 11.4 Å². The van der Waals surface area contributed by atoms with Crippen LogP contribution in [0.25, 0.3) is 0 Å². The van der Waals surface area contributed by atoms with Crippen LogP contribution < -0.4 is 10.6 Å². The average Bonchev–Trinajstić information content (AvgIpc) is 3.13. The van der Waals surface area contributed by atoms with Crippen LogP contribution in [-0.4, -0.2) is 13.1 Å². The highest BCUT2D eigenvalue weighted by Gasteiger charge is 2.24. The molecule has 3 nitrogen and oxygen atoms in total. The summed E-state index contributed by atoms with van der Waals surface area (Å²) in [5, 5.41) is 8.95. The van der Waals surface area contributed by atoms with Crippen molar-refractivity contribution in [2.75, 3.05) is 23.7 Å². The summed E-state index contributed by atoms with van der Waals surface area (Å²) >= 11 is 0. The van der Waals surface area contributed by atoms with Crippen molar-refractivity contribution in [1.82, 2.24) is 0 Å². The largest absolute Gasteiger partial charge is 0.397 e. The molecule has 0 aliphatic heterocycles. The first-order valence-corrected chi connectivity index (χ1v) is 6.29. The Morgan fingerprint density at radius 3 is 2.82 bits per heavy atom. The zero-order chi connectivity index (χ0) is 12.3. The van der Waals surface area contributed by atoms with Crippen LogP contribution in [0.3, 0.4) is 0 Å². The third-order valence-corrected chi connectivity index (χ3v) is 3.17. The lowest BCUT2D eigenvalue weighted by molar-refractivity contribution is 0.709. The van der Waals surface area contributed by atoms with E-state index in [0.29, 0.717) is 5.56 Å². The Bertz CT molecular complexity index is 430. The van der Waals surface area contributed by atoms with Crippen molar-refractivity contribution < 1.29 is 0 Å². The highest BCUT2D eigenvalue weighted by molar-refractivity contribution is 5.69. The second-order valence-corrected chi connectivity index (χ2v) is 4.77. The van der Waals surface area contributed by atoms with Gasteiger partial charge in [0.05, 0.1) is 23.0 Å². The van der Waals surface area contributed by atoms with Gasteiger partial charge in [-0.15, -0.1) is 0 Å². The molecule has 1 saturated carbocycles. The number of anilines is 2. The lowest BCUT2D eigenvalue weighted by Gasteiger charge is -2.25. The maximum Gasteiger partial charge on any atom is 0.0992 e. The highest BCUT2D eigenvalue weighted by Crippen LogP contribution is 2.33. The van der Waals surface area contributed by atoms with Gasteiger partial charge in [-0.3, -0.25) is 0 Å². The van der Waals surface area contributed by atoms with Crippen molar-refractivity contribution in [3.8, 4) is 6.07 Å². The Morgan fingerprint density at radius 1 is 1.47 bits per heavy atom. The predicted octanol–water partition coefficient (Wildman–Crippen LogP) is 2.77. The third kappa shape index (κ3) is 2.91. The van der Waals surface area contributed by atoms with Crippen molar-refractivity contribution in [2.24, 2.45) is 5.92 Å². The molecule has 1 aliphatic rings. The Balaban J connectivity index is 2.23. The Hall–Kier alpha value is -1.69. The Labute approximate surface area is 103 Å². The number of rotatable bonds is 5. The van der Waals surface area contributed by atoms with Gasteiger partial charge in [-0.1, -0.05) is 6.92 Å². The highest BCUT2D eigenvalue weighted by atomic mass is 15.1. The Kier molecular flexibility index (Phi) is 3.53. The molecule has 3 heteroatoms. The minimum Gasteiger partial charge on any atom is -0.397 e. The third-order valence-electron chi connectivity index (χ3n) is 3.17. The van der Waals surface area contributed by atoms with Gasteiger partial charge in [-0.05, 0) is 43.4 Å². The molecule has 0 saturated heterocycles. The molecule has 0 aromatic heterocycles. The van der Waals surface area contributed by atoms with Gasteiger partial charge in [0.15, 0.2) is 0 Å². The van der Waals surface area contributed by atoms with Crippen LogP contribution >= 0.6 is 0 Å². The van der Waals surface area contributed by atoms with Gasteiger partial charge in [-0.25, -0.2) is 0 Å². The second kappa shape index (κ2) is 5.09. The van der Waals surface area contributed by atoms with Crippen LogP contribution in [0.5, 0.6) is 0 Å². The quantitative estimate of drug-likeness (QED) is 0.790. The summed E-state index contributed by atoms with van der Waals surface area (Å²) in [6.07, 6.45) is 3.76. The minimum atomic E-state index is 0.686. The van der Waals surface area contributed by atoms with Crippen LogP contribution in [0, 0.1) is 17.2 Å². The Morgan fingerprint density at radius 2 is 2.24 bits per heavy atom. The monoisotopic (exact) mass is 229 g/mol. The second-order valence-electron chi connectivity index (χ2n) is 4.77. The summed E-state index contributed by atoms with van der Waals surface area (Å²) in [5.41, 5.74) is 8.51. The zero-order valence-electron chi connectivity index (χ0n) is 10.3. The van der Waals surface area contributed by atoms with Crippen LogP contribution in [-0.2, 0) is 0 Å². The van der Waals surface area contributed by atoms with Crippen LogP contribution in [0.2, 0.25) is 0 Å². The molecule has 0 atom stereocenters. The lowest BCUT2D eigenvalue weighted by Crippen LogP contribution is -2.27. The van der Waals surface area contributed by atoms with Crippen molar-refractivity contribution in [3.63, 3.8) is 0 Å². The molecule has 1 fully saturated rings. The number of hydrogen-bond acceptors (Lipinski definition) is 3. The van der Waals surface area contributed by atoms with E-state index in [1.807, 2.05) is 12.1 Å². The van der Waals surface area contributed by atoms with Crippen molar-refractivity contribution in [3.05, 3.63) is 23.8 Å². The molecule has 90 valence electrons. The summed E-state index contributed by atoms with van der Waals surface area (Å²) in [6, 6.07) is 7.70. The smallest absolute Gasteiger partial charge is 0.0992 e. The molecule has 1 aromatic carbocycles. The number of nitriles is 1. The van der Waals surface area contributed by atoms with E-state index in [1.54, 1.807) is 6.07 Å². The van der Waals surface area contributed by atoms with E-state index in [4.69, 9.17) is 11.0 Å². The lowest BCUT2D eigenvalue weighted by atomic mass is 10.1. The fourth-order valence-electron chi connectivity index (χ4n) is 2.08. The van der Waals surface area contributed by atoms with Crippen molar-refractivity contribution >= 4 is 11.4 Å². The van der Waals surface area contributed by atoms with E-state index in [-0.39, 0.29) is 0 Å². The molecule has 0 unspecified atom stereocenters. The summed E-state index contributed by atoms with van der Waals surface area (Å²) in [5.74, 6) is 0.826. The van der Waals surface area contributed by atoms with Crippen LogP contribution in [0.15, 0.2) is 18.2 Å². The molecule has 2 rings (SSSR count). The van der Waals surface area contributed by atoms with Gasteiger partial charge in [0.2, 0.25) is 0 Å². The summed E-state index contributed by atoms with van der Waals surface area (Å²) in [4.78, 5) is 2.33. The van der Waals surface area contributed by atoms with Gasteiger partial charge in [-0.2, -0.15) is 5.26 Å². The standard InChI is InChI=1S/C14H19N3/c1-2-7-17(10-11-3-4-11)14-8-12(9-15)5-6-13(14)16/h5-6,8,11H,2-4,7,10,16H2,1H3. The van der Waals surface area contributed by atoms with Gasteiger partial charge in [0.25, 0.3) is 0 Å². The van der Waals surface area contributed by atoms with E-state index in [9.17, 15) is 0 Å². The minimum absolute atomic E-state index is 0.686. The number of hydrogen-bond donors (Lipinski definition) is 1. The molecular weight excluding hydrogens is 210 g/mol. The van der Waals surface area contributed by atoms with Gasteiger partial charge < -0.3 is 10.6 Å². The average molecular weight is 229 g/mol. The van der Waals surface area contributed by atoms with Crippen LogP contribution in [0.1, 0.15) is 31.7 Å². The van der Waals surface area contributed by atoms with E-state index >= 15 is 0 Å². The number of nitrogen functional groups attached to an aromatic ring is 1. The van der Waals surface area contributed by atoms with Gasteiger partial charge in [0.1, 0.15) is 0 Å². The number of nitrogens with two attached hydrogens (primary N) is 1. The molecule has 0 bridgehead atoms. The normalized spacial score (nSPS) is 14.4. The molecule has 17 heavy (non-hydrogen) atoms. The first-order valence-electron chi connectivity index (χ1n) is 6.29. The van der Waals surface area contributed by atoms with E-state index < -0.39 is 0 Å². The first kappa shape index (κ1) is 11.8. The molecule has 0 heterocycles. The number of nitrogens with zero attached hydrogens (tertiary/aromatic N) is 2. The number of benzene rings is 1. The van der Waals surface area contributed by atoms with Crippen molar-refractivity contribution in [2.45, 2.75) is 26.2 Å². The molecule has 0 amide bonds. The summed E-state index contributed by atoms with van der Waals surface area (Å²) < 4.78 is 0. The van der Waals surface area contributed by atoms with Gasteiger partial charge in [0, 0.05) is 13.1 Å². The molecule has 1 aliphatic carbocycles. The van der Waals surface area contributed by atoms with E-state index in [1.165, 1.54) is 12.8 Å². The SMILES string of the molecule is CCCN(CC1CC1)c1cc(C#N)ccc1N. The summed E-state index contributed by atoms with van der Waals surface area (Å²) in [7, 11) is 0.